The third kappa shape index (κ3) is 5.76. The molecule has 0 aliphatic carbocycles. The van der Waals surface area contributed by atoms with E-state index in [-0.39, 0.29) is 6.03 Å². The number of urea groups is 1. The van der Waals surface area contributed by atoms with E-state index in [2.05, 4.69) is 20.9 Å². The molecule has 6 heteroatoms. The van der Waals surface area contributed by atoms with E-state index in [1.54, 1.807) is 0 Å². The van der Waals surface area contributed by atoms with Crippen molar-refractivity contribution in [3.63, 3.8) is 0 Å². The van der Waals surface area contributed by atoms with Gasteiger partial charge in [0.25, 0.3) is 0 Å². The van der Waals surface area contributed by atoms with E-state index in [1.165, 1.54) is 12.8 Å². The van der Waals surface area contributed by atoms with Crippen LogP contribution in [0.4, 0.5) is 4.79 Å². The highest BCUT2D eigenvalue weighted by Gasteiger charge is 2.13. The average molecular weight is 270 g/mol. The zero-order valence-electron chi connectivity index (χ0n) is 11.6. The molecule has 2 aliphatic rings. The molecule has 2 amide bonds. The first-order valence-electron chi connectivity index (χ1n) is 7.40. The van der Waals surface area contributed by atoms with Crippen molar-refractivity contribution in [1.82, 2.24) is 20.9 Å². The second kappa shape index (κ2) is 8.35. The first-order valence-corrected chi connectivity index (χ1v) is 7.40. The Morgan fingerprint density at radius 2 is 2.11 bits per heavy atom. The summed E-state index contributed by atoms with van der Waals surface area (Å²) < 4.78 is 5.28. The van der Waals surface area contributed by atoms with Crippen molar-refractivity contribution >= 4 is 6.03 Å². The number of rotatable bonds is 5. The summed E-state index contributed by atoms with van der Waals surface area (Å²) in [5.41, 5.74) is 0. The van der Waals surface area contributed by atoms with E-state index in [4.69, 9.17) is 4.74 Å². The van der Waals surface area contributed by atoms with Crippen LogP contribution >= 0.6 is 0 Å². The third-order valence-electron chi connectivity index (χ3n) is 3.74. The van der Waals surface area contributed by atoms with Crippen LogP contribution in [-0.2, 0) is 4.74 Å². The van der Waals surface area contributed by atoms with Gasteiger partial charge in [0.2, 0.25) is 0 Å². The van der Waals surface area contributed by atoms with Crippen molar-refractivity contribution in [2.75, 3.05) is 52.5 Å². The van der Waals surface area contributed by atoms with E-state index in [9.17, 15) is 4.79 Å². The van der Waals surface area contributed by atoms with Crippen molar-refractivity contribution in [3.8, 4) is 0 Å². The van der Waals surface area contributed by atoms with Crippen molar-refractivity contribution in [1.29, 1.82) is 0 Å². The minimum Gasteiger partial charge on any atom is -0.379 e. The van der Waals surface area contributed by atoms with Crippen LogP contribution in [0, 0.1) is 0 Å². The Bertz CT molecular complexity index is 263. The lowest BCUT2D eigenvalue weighted by Crippen LogP contribution is -2.48. The molecule has 2 heterocycles. The number of hydrogen-bond acceptors (Lipinski definition) is 4. The molecule has 2 fully saturated rings. The minimum atomic E-state index is -0.0550. The average Bonchev–Trinajstić information content (AvgIpc) is 2.47. The van der Waals surface area contributed by atoms with Crippen LogP contribution in [0.3, 0.4) is 0 Å². The molecular weight excluding hydrogens is 244 g/mol. The Morgan fingerprint density at radius 1 is 1.26 bits per heavy atom. The van der Waals surface area contributed by atoms with Gasteiger partial charge in [0.05, 0.1) is 13.2 Å². The largest absolute Gasteiger partial charge is 0.379 e. The number of hydrogen-bond donors (Lipinski definition) is 3. The Kier molecular flexibility index (Phi) is 6.39. The molecule has 6 nitrogen and oxygen atoms in total. The molecule has 1 unspecified atom stereocenters. The van der Waals surface area contributed by atoms with E-state index < -0.39 is 0 Å². The molecule has 2 rings (SSSR count). The Balaban J connectivity index is 1.49. The number of carbonyl (C=O) groups is 1. The molecule has 0 spiro atoms. The highest BCUT2D eigenvalue weighted by Crippen LogP contribution is 2.05. The van der Waals surface area contributed by atoms with Crippen molar-refractivity contribution in [2.45, 2.75) is 25.3 Å². The number of amides is 2. The summed E-state index contributed by atoms with van der Waals surface area (Å²) in [7, 11) is 0. The molecule has 19 heavy (non-hydrogen) atoms. The van der Waals surface area contributed by atoms with Crippen LogP contribution in [0.2, 0.25) is 0 Å². The predicted molar refractivity (Wildman–Crippen MR) is 74.3 cm³/mol. The molecule has 2 aliphatic heterocycles. The zero-order chi connectivity index (χ0) is 13.3. The number of piperidine rings is 1. The van der Waals surface area contributed by atoms with Crippen LogP contribution in [0.25, 0.3) is 0 Å². The summed E-state index contributed by atoms with van der Waals surface area (Å²) in [6.45, 7) is 6.94. The van der Waals surface area contributed by atoms with Crippen molar-refractivity contribution in [3.05, 3.63) is 0 Å². The molecule has 3 N–H and O–H groups in total. The van der Waals surface area contributed by atoms with Gasteiger partial charge in [-0.15, -0.1) is 0 Å². The van der Waals surface area contributed by atoms with E-state index >= 15 is 0 Å². The lowest BCUT2D eigenvalue weighted by atomic mass is 10.1. The van der Waals surface area contributed by atoms with Gasteiger partial charge in [-0.2, -0.15) is 0 Å². The Morgan fingerprint density at radius 3 is 2.84 bits per heavy atom. The molecule has 110 valence electrons. The van der Waals surface area contributed by atoms with Gasteiger partial charge in [-0.05, 0) is 19.4 Å². The highest BCUT2D eigenvalue weighted by atomic mass is 16.5. The Labute approximate surface area is 115 Å². The molecule has 0 aromatic heterocycles. The maximum absolute atomic E-state index is 11.6. The number of nitrogens with zero attached hydrogens (tertiary/aromatic N) is 1. The Hall–Kier alpha value is -0.850. The smallest absolute Gasteiger partial charge is 0.314 e. The standard InChI is InChI=1S/C13H26N4O2/c18-13(16-11-12-3-1-2-4-14-12)15-5-6-17-7-9-19-10-8-17/h12,14H,1-11H2,(H2,15,16,18). The minimum absolute atomic E-state index is 0.0550. The van der Waals surface area contributed by atoms with Crippen LogP contribution in [0.15, 0.2) is 0 Å². The monoisotopic (exact) mass is 270 g/mol. The second-order valence-electron chi connectivity index (χ2n) is 5.24. The lowest BCUT2D eigenvalue weighted by molar-refractivity contribution is 0.0387. The summed E-state index contributed by atoms with van der Waals surface area (Å²) in [6, 6.07) is 0.388. The predicted octanol–water partition coefficient (Wildman–Crippen LogP) is -0.240. The third-order valence-corrected chi connectivity index (χ3v) is 3.74. The van der Waals surface area contributed by atoms with Crippen LogP contribution in [-0.4, -0.2) is 69.5 Å². The van der Waals surface area contributed by atoms with Gasteiger partial charge in [0.15, 0.2) is 0 Å². The molecule has 0 aromatic carbocycles. The van der Waals surface area contributed by atoms with Gasteiger partial charge in [-0.3, -0.25) is 4.90 Å². The van der Waals surface area contributed by atoms with Gasteiger partial charge in [-0.25, -0.2) is 4.79 Å². The maximum Gasteiger partial charge on any atom is 0.314 e. The molecular formula is C13H26N4O2. The summed E-state index contributed by atoms with van der Waals surface area (Å²) in [5, 5.41) is 9.26. The topological polar surface area (TPSA) is 65.6 Å². The first kappa shape index (κ1) is 14.6. The summed E-state index contributed by atoms with van der Waals surface area (Å²) in [6.07, 6.45) is 3.67. The zero-order valence-corrected chi connectivity index (χ0v) is 11.6. The SMILES string of the molecule is O=C(NCCN1CCOCC1)NCC1CCCCN1. The fraction of sp³-hybridized carbons (Fsp3) is 0.923. The van der Waals surface area contributed by atoms with Gasteiger partial charge in [0, 0.05) is 38.8 Å². The molecule has 0 aromatic rings. The van der Waals surface area contributed by atoms with Gasteiger partial charge >= 0.3 is 6.03 Å². The summed E-state index contributed by atoms with van der Waals surface area (Å²) >= 11 is 0. The normalized spacial score (nSPS) is 24.9. The van der Waals surface area contributed by atoms with E-state index in [1.807, 2.05) is 0 Å². The fourth-order valence-corrected chi connectivity index (χ4v) is 2.53. The summed E-state index contributed by atoms with van der Waals surface area (Å²) in [4.78, 5) is 13.9. The first-order chi connectivity index (χ1) is 9.34. The van der Waals surface area contributed by atoms with Crippen LogP contribution in [0.1, 0.15) is 19.3 Å². The fourth-order valence-electron chi connectivity index (χ4n) is 2.53. The number of carbonyl (C=O) groups excluding carboxylic acids is 1. The summed E-state index contributed by atoms with van der Waals surface area (Å²) in [5.74, 6) is 0. The van der Waals surface area contributed by atoms with Gasteiger partial charge in [0.1, 0.15) is 0 Å². The molecule has 1 atom stereocenters. The van der Waals surface area contributed by atoms with Gasteiger partial charge < -0.3 is 20.7 Å². The van der Waals surface area contributed by atoms with E-state index in [0.29, 0.717) is 12.6 Å². The lowest BCUT2D eigenvalue weighted by Gasteiger charge is -2.26. The number of ether oxygens (including phenoxy) is 1. The second-order valence-corrected chi connectivity index (χ2v) is 5.24. The van der Waals surface area contributed by atoms with Gasteiger partial charge in [-0.1, -0.05) is 6.42 Å². The van der Waals surface area contributed by atoms with Crippen molar-refractivity contribution < 1.29 is 9.53 Å². The molecule has 0 bridgehead atoms. The maximum atomic E-state index is 11.6. The molecule has 0 saturated carbocycles. The highest BCUT2D eigenvalue weighted by molar-refractivity contribution is 5.73. The quantitative estimate of drug-likeness (QED) is 0.645. The molecule has 0 radical (unpaired) electrons. The van der Waals surface area contributed by atoms with Crippen molar-refractivity contribution in [2.24, 2.45) is 0 Å². The number of morpholine rings is 1. The molecule has 2 saturated heterocycles. The van der Waals surface area contributed by atoms with Crippen LogP contribution in [0.5, 0.6) is 0 Å². The van der Waals surface area contributed by atoms with E-state index in [0.717, 1.165) is 52.4 Å². The van der Waals surface area contributed by atoms with Crippen LogP contribution < -0.4 is 16.0 Å². The number of nitrogens with one attached hydrogen (secondary N) is 3.